The zero-order valence-corrected chi connectivity index (χ0v) is 19.4. The monoisotopic (exact) mass is 484 g/mol. The van der Waals surface area contributed by atoms with E-state index in [2.05, 4.69) is 20.7 Å². The molecule has 1 amide bonds. The summed E-state index contributed by atoms with van der Waals surface area (Å²) in [5, 5.41) is 15.4. The Labute approximate surface area is 197 Å². The molecule has 0 bridgehead atoms. The van der Waals surface area contributed by atoms with Crippen LogP contribution in [0.1, 0.15) is 11.1 Å². The number of thioether (sulfide) groups is 2. The number of hydrazone groups is 1. The van der Waals surface area contributed by atoms with E-state index in [1.54, 1.807) is 18.0 Å². The van der Waals surface area contributed by atoms with Crippen molar-refractivity contribution in [2.45, 2.75) is 14.4 Å². The highest BCUT2D eigenvalue weighted by Gasteiger charge is 2.09. The molecule has 0 aliphatic heterocycles. The largest absolute Gasteiger partial charge is 0.272 e. The molecule has 1 heterocycles. The van der Waals surface area contributed by atoms with Gasteiger partial charge in [0.2, 0.25) is 0 Å². The maximum absolute atomic E-state index is 12.1. The maximum atomic E-state index is 12.1. The SMILES string of the molecule is O=C(CSc1nnc(SCc2ccccc2Cl)s1)NN=Cc1cccc2ccccc12. The Morgan fingerprint density at radius 3 is 2.61 bits per heavy atom. The van der Waals surface area contributed by atoms with Crippen molar-refractivity contribution in [3.8, 4) is 0 Å². The summed E-state index contributed by atoms with van der Waals surface area (Å²) in [7, 11) is 0. The number of halogens is 1. The van der Waals surface area contributed by atoms with Gasteiger partial charge in [-0.2, -0.15) is 5.10 Å². The molecule has 4 rings (SSSR count). The molecule has 0 unspecified atom stereocenters. The van der Waals surface area contributed by atoms with E-state index in [0.717, 1.165) is 41.4 Å². The normalized spacial score (nSPS) is 11.3. The van der Waals surface area contributed by atoms with Crippen LogP contribution >= 0.6 is 46.5 Å². The lowest BCUT2D eigenvalue weighted by molar-refractivity contribution is -0.118. The Kier molecular flexibility index (Phi) is 7.58. The Hall–Kier alpha value is -2.39. The Morgan fingerprint density at radius 1 is 1.00 bits per heavy atom. The van der Waals surface area contributed by atoms with Gasteiger partial charge in [-0.15, -0.1) is 10.2 Å². The van der Waals surface area contributed by atoms with Crippen molar-refractivity contribution in [3.63, 3.8) is 0 Å². The Bertz CT molecular complexity index is 1220. The second-order valence-electron chi connectivity index (χ2n) is 6.36. The molecule has 1 aromatic heterocycles. The average molecular weight is 485 g/mol. The molecule has 0 atom stereocenters. The van der Waals surface area contributed by atoms with Crippen LogP contribution in [0.15, 0.2) is 80.5 Å². The number of nitrogens with zero attached hydrogens (tertiary/aromatic N) is 3. The predicted octanol–water partition coefficient (Wildman–Crippen LogP) is 5.88. The zero-order valence-electron chi connectivity index (χ0n) is 16.2. The second-order valence-corrected chi connectivity index (χ2v) is 10.2. The van der Waals surface area contributed by atoms with Gasteiger partial charge in [-0.05, 0) is 22.4 Å². The molecule has 0 fully saturated rings. The maximum Gasteiger partial charge on any atom is 0.250 e. The third-order valence-electron chi connectivity index (χ3n) is 4.24. The number of benzene rings is 3. The molecule has 156 valence electrons. The summed E-state index contributed by atoms with van der Waals surface area (Å²) in [6.07, 6.45) is 1.67. The van der Waals surface area contributed by atoms with Crippen LogP contribution < -0.4 is 5.43 Å². The molecule has 4 aromatic rings. The van der Waals surface area contributed by atoms with Gasteiger partial charge in [-0.3, -0.25) is 4.79 Å². The molecule has 0 saturated carbocycles. The van der Waals surface area contributed by atoms with E-state index in [1.165, 1.54) is 23.1 Å². The van der Waals surface area contributed by atoms with Crippen molar-refractivity contribution in [3.05, 3.63) is 82.9 Å². The molecule has 1 N–H and O–H groups in total. The van der Waals surface area contributed by atoms with Gasteiger partial charge in [0.25, 0.3) is 5.91 Å². The number of aromatic nitrogens is 2. The van der Waals surface area contributed by atoms with Gasteiger partial charge in [0.1, 0.15) is 0 Å². The summed E-state index contributed by atoms with van der Waals surface area (Å²) in [5.74, 6) is 0.751. The molecule has 0 aliphatic rings. The molecule has 0 radical (unpaired) electrons. The van der Waals surface area contributed by atoms with Gasteiger partial charge >= 0.3 is 0 Å². The summed E-state index contributed by atoms with van der Waals surface area (Å²) >= 11 is 10.6. The van der Waals surface area contributed by atoms with E-state index in [9.17, 15) is 4.79 Å². The highest BCUT2D eigenvalue weighted by molar-refractivity contribution is 8.03. The number of amides is 1. The lowest BCUT2D eigenvalue weighted by atomic mass is 10.1. The van der Waals surface area contributed by atoms with Crippen LogP contribution in [-0.2, 0) is 10.5 Å². The minimum atomic E-state index is -0.193. The fourth-order valence-corrected chi connectivity index (χ4v) is 5.86. The summed E-state index contributed by atoms with van der Waals surface area (Å²) < 4.78 is 1.59. The number of nitrogens with one attached hydrogen (secondary N) is 1. The van der Waals surface area contributed by atoms with Crippen LogP contribution in [0, 0.1) is 0 Å². The number of rotatable bonds is 8. The molecule has 31 heavy (non-hydrogen) atoms. The first-order chi connectivity index (χ1) is 15.2. The lowest BCUT2D eigenvalue weighted by Crippen LogP contribution is -2.19. The summed E-state index contributed by atoms with van der Waals surface area (Å²) in [4.78, 5) is 12.1. The third kappa shape index (κ3) is 6.07. The number of carbonyl (C=O) groups excluding carboxylic acids is 1. The molecule has 0 spiro atoms. The Morgan fingerprint density at radius 2 is 1.74 bits per heavy atom. The van der Waals surface area contributed by atoms with Crippen LogP contribution in [0.5, 0.6) is 0 Å². The number of carbonyl (C=O) groups is 1. The summed E-state index contributed by atoms with van der Waals surface area (Å²) in [6, 6.07) is 21.8. The predicted molar refractivity (Wildman–Crippen MR) is 131 cm³/mol. The molecular formula is C22H17ClN4OS3. The van der Waals surface area contributed by atoms with Crippen LogP contribution in [-0.4, -0.2) is 28.1 Å². The molecule has 3 aromatic carbocycles. The van der Waals surface area contributed by atoms with E-state index >= 15 is 0 Å². The van der Waals surface area contributed by atoms with Gasteiger partial charge in [0.05, 0.1) is 12.0 Å². The van der Waals surface area contributed by atoms with Crippen LogP contribution in [0.4, 0.5) is 0 Å². The first-order valence-corrected chi connectivity index (χ1v) is 12.5. The van der Waals surface area contributed by atoms with E-state index in [1.807, 2.05) is 66.7 Å². The molecule has 0 saturated heterocycles. The van der Waals surface area contributed by atoms with Crippen LogP contribution in [0.2, 0.25) is 5.02 Å². The van der Waals surface area contributed by atoms with Crippen LogP contribution in [0.3, 0.4) is 0 Å². The van der Waals surface area contributed by atoms with Crippen molar-refractivity contribution in [1.82, 2.24) is 15.6 Å². The number of hydrogen-bond donors (Lipinski definition) is 1. The van der Waals surface area contributed by atoms with Gasteiger partial charge in [0, 0.05) is 16.3 Å². The molecular weight excluding hydrogens is 468 g/mol. The van der Waals surface area contributed by atoms with E-state index < -0.39 is 0 Å². The third-order valence-corrected chi connectivity index (χ3v) is 7.85. The minimum absolute atomic E-state index is 0.193. The van der Waals surface area contributed by atoms with Crippen molar-refractivity contribution in [1.29, 1.82) is 0 Å². The second kappa shape index (κ2) is 10.8. The quantitative estimate of drug-likeness (QED) is 0.192. The fraction of sp³-hybridized carbons (Fsp3) is 0.0909. The fourth-order valence-electron chi connectivity index (χ4n) is 2.77. The smallest absolute Gasteiger partial charge is 0.250 e. The zero-order chi connectivity index (χ0) is 21.5. The summed E-state index contributed by atoms with van der Waals surface area (Å²) in [5.41, 5.74) is 4.58. The van der Waals surface area contributed by atoms with Crippen LogP contribution in [0.25, 0.3) is 10.8 Å². The molecule has 5 nitrogen and oxygen atoms in total. The molecule has 0 aliphatic carbocycles. The Balaban J connectivity index is 1.25. The van der Waals surface area contributed by atoms with E-state index in [0.29, 0.717) is 0 Å². The topological polar surface area (TPSA) is 67.2 Å². The highest BCUT2D eigenvalue weighted by atomic mass is 35.5. The van der Waals surface area contributed by atoms with Crippen molar-refractivity contribution in [2.24, 2.45) is 5.10 Å². The van der Waals surface area contributed by atoms with Gasteiger partial charge in [-0.25, -0.2) is 5.43 Å². The first kappa shape index (κ1) is 21.8. The van der Waals surface area contributed by atoms with Gasteiger partial charge in [-0.1, -0.05) is 107 Å². The lowest BCUT2D eigenvalue weighted by Gasteiger charge is -2.01. The van der Waals surface area contributed by atoms with Crippen molar-refractivity contribution < 1.29 is 4.79 Å². The first-order valence-electron chi connectivity index (χ1n) is 9.31. The average Bonchev–Trinajstić information content (AvgIpc) is 3.25. The van der Waals surface area contributed by atoms with E-state index in [4.69, 9.17) is 11.6 Å². The minimum Gasteiger partial charge on any atom is -0.272 e. The van der Waals surface area contributed by atoms with Gasteiger partial charge < -0.3 is 0 Å². The summed E-state index contributed by atoms with van der Waals surface area (Å²) in [6.45, 7) is 0. The highest BCUT2D eigenvalue weighted by Crippen LogP contribution is 2.32. The number of fused-ring (bicyclic) bond motifs is 1. The van der Waals surface area contributed by atoms with Crippen molar-refractivity contribution in [2.75, 3.05) is 5.75 Å². The van der Waals surface area contributed by atoms with Gasteiger partial charge in [0.15, 0.2) is 8.68 Å². The number of hydrogen-bond acceptors (Lipinski definition) is 7. The standard InChI is InChI=1S/C22H17ClN4OS3/c23-19-11-4-2-7-17(19)13-29-21-26-27-22(31-21)30-14-20(28)25-24-12-16-9-5-8-15-6-1-3-10-18(15)16/h1-12H,13-14H2,(H,25,28). The molecule has 9 heteroatoms. The van der Waals surface area contributed by atoms with Crippen molar-refractivity contribution >= 4 is 69.4 Å². The van der Waals surface area contributed by atoms with E-state index in [-0.39, 0.29) is 11.7 Å².